The first-order valence-electron chi connectivity index (χ1n) is 14.3. The number of hydrogen-bond acceptors (Lipinski definition) is 5. The van der Waals surface area contributed by atoms with Gasteiger partial charge in [-0.25, -0.2) is 8.42 Å². The van der Waals surface area contributed by atoms with Crippen LogP contribution in [-0.2, 0) is 29.7 Å². The lowest BCUT2D eigenvalue weighted by atomic mass is 10.0. The summed E-state index contributed by atoms with van der Waals surface area (Å²) in [6.07, 6.45) is 0. The Kier molecular flexibility index (Phi) is 11.1. The summed E-state index contributed by atoms with van der Waals surface area (Å²) >= 11 is 11.9. The van der Waals surface area contributed by atoms with Crippen LogP contribution in [0.4, 0.5) is 13.2 Å². The zero-order valence-corrected chi connectivity index (χ0v) is 28.1. The number of phenolic OH excluding ortho intramolecular Hbond substituents is 1. The first kappa shape index (κ1) is 35.3. The maximum atomic E-state index is 14.0. The molecule has 0 aromatic heterocycles. The van der Waals surface area contributed by atoms with E-state index in [2.05, 4.69) is 5.32 Å². The molecule has 0 spiro atoms. The second-order valence-electron chi connectivity index (χ2n) is 10.6. The van der Waals surface area contributed by atoms with E-state index in [0.29, 0.717) is 16.7 Å². The molecule has 0 heterocycles. The Bertz CT molecular complexity index is 2010. The number of carbonyl (C=O) groups excluding carboxylic acids is 1. The summed E-state index contributed by atoms with van der Waals surface area (Å²) in [5.41, 5.74) is -0.344. The van der Waals surface area contributed by atoms with Gasteiger partial charge in [-0.2, -0.15) is 17.5 Å². The van der Waals surface area contributed by atoms with Crippen molar-refractivity contribution >= 4 is 50.9 Å². The van der Waals surface area contributed by atoms with Gasteiger partial charge in [-0.1, -0.05) is 102 Å². The van der Waals surface area contributed by atoms with Gasteiger partial charge in [-0.15, -0.1) is 0 Å². The minimum absolute atomic E-state index is 0.0354. The summed E-state index contributed by atoms with van der Waals surface area (Å²) in [6.45, 7) is -0.0822. The van der Waals surface area contributed by atoms with Crippen LogP contribution in [0, 0.1) is 0 Å². The Balaban J connectivity index is 1.36. The predicted octanol–water partition coefficient (Wildman–Crippen LogP) is 9.30. The van der Waals surface area contributed by atoms with Gasteiger partial charge in [0.15, 0.2) is 5.75 Å². The topological polar surface area (TPSA) is 86.7 Å². The molecule has 0 aliphatic heterocycles. The van der Waals surface area contributed by atoms with Gasteiger partial charge < -0.3 is 10.4 Å². The van der Waals surface area contributed by atoms with Crippen LogP contribution < -0.4 is 5.32 Å². The summed E-state index contributed by atoms with van der Waals surface area (Å²) in [7, 11) is -4.35. The first-order valence-corrected chi connectivity index (χ1v) is 17.3. The number of halogens is 5. The molecule has 0 unspecified atom stereocenters. The maximum absolute atomic E-state index is 14.0. The number of thioether (sulfide) groups is 1. The third kappa shape index (κ3) is 9.12. The Hall–Kier alpha value is -4.00. The molecule has 0 fully saturated rings. The number of sulfonamides is 1. The fourth-order valence-electron chi connectivity index (χ4n) is 4.87. The van der Waals surface area contributed by atoms with Crippen molar-refractivity contribution < 1.29 is 31.5 Å². The quantitative estimate of drug-likeness (QED) is 0.132. The van der Waals surface area contributed by atoms with Crippen LogP contribution in [-0.4, -0.2) is 29.2 Å². The highest BCUT2D eigenvalue weighted by molar-refractivity contribution is 8.00. The zero-order chi connectivity index (χ0) is 34.5. The Morgan fingerprint density at radius 2 is 1.40 bits per heavy atom. The van der Waals surface area contributed by atoms with Crippen LogP contribution in [0.25, 0.3) is 11.1 Å². The van der Waals surface area contributed by atoms with Crippen molar-refractivity contribution in [1.82, 2.24) is 9.62 Å². The van der Waals surface area contributed by atoms with Crippen LogP contribution >= 0.6 is 35.0 Å². The molecule has 0 saturated heterocycles. The normalized spacial score (nSPS) is 11.9. The average molecular weight is 732 g/mol. The summed E-state index contributed by atoms with van der Waals surface area (Å²) in [5.74, 6) is -1.10. The van der Waals surface area contributed by atoms with Crippen molar-refractivity contribution in [2.75, 3.05) is 0 Å². The Labute approximate surface area is 290 Å². The minimum Gasteiger partial charge on any atom is -0.505 e. The molecule has 248 valence electrons. The number of nitrogens with one attached hydrogen (secondary N) is 1. The van der Waals surface area contributed by atoms with Crippen molar-refractivity contribution in [1.29, 1.82) is 0 Å². The molecule has 1 amide bonds. The molecule has 0 aliphatic carbocycles. The van der Waals surface area contributed by atoms with E-state index in [0.717, 1.165) is 17.2 Å². The number of hydrogen-bond donors (Lipinski definition) is 2. The smallest absolute Gasteiger partial charge is 0.446 e. The molecule has 0 radical (unpaired) electrons. The number of rotatable bonds is 11. The molecule has 5 aromatic carbocycles. The lowest BCUT2D eigenvalue weighted by Crippen LogP contribution is -2.30. The Morgan fingerprint density at radius 3 is 2.06 bits per heavy atom. The van der Waals surface area contributed by atoms with E-state index in [1.807, 2.05) is 54.6 Å². The summed E-state index contributed by atoms with van der Waals surface area (Å²) in [5, 5.41) is 13.2. The molecule has 0 atom stereocenters. The monoisotopic (exact) mass is 730 g/mol. The molecule has 13 heteroatoms. The molecular formula is C35H27Cl2F3N2O4S2. The van der Waals surface area contributed by atoms with E-state index < -0.39 is 32.1 Å². The summed E-state index contributed by atoms with van der Waals surface area (Å²) in [4.78, 5) is 12.2. The van der Waals surface area contributed by atoms with E-state index in [-0.39, 0.29) is 51.9 Å². The van der Waals surface area contributed by atoms with Crippen LogP contribution in [0.1, 0.15) is 27.0 Å². The van der Waals surface area contributed by atoms with Gasteiger partial charge in [0.25, 0.3) is 5.91 Å². The molecule has 0 saturated carbocycles. The van der Waals surface area contributed by atoms with Gasteiger partial charge in [0.1, 0.15) is 4.90 Å². The van der Waals surface area contributed by atoms with E-state index in [4.69, 9.17) is 23.2 Å². The van der Waals surface area contributed by atoms with Crippen molar-refractivity contribution in [3.8, 4) is 16.9 Å². The second-order valence-corrected chi connectivity index (χ2v) is 14.5. The largest absolute Gasteiger partial charge is 0.505 e. The van der Waals surface area contributed by atoms with Crippen LogP contribution in [0.5, 0.6) is 5.75 Å². The molecular weight excluding hydrogens is 704 g/mol. The van der Waals surface area contributed by atoms with E-state index in [1.54, 1.807) is 24.3 Å². The van der Waals surface area contributed by atoms with E-state index in [1.165, 1.54) is 34.6 Å². The average Bonchev–Trinajstić information content (AvgIpc) is 3.05. The Morgan fingerprint density at radius 1 is 0.771 bits per heavy atom. The molecule has 2 N–H and O–H groups in total. The first-order chi connectivity index (χ1) is 22.8. The van der Waals surface area contributed by atoms with Crippen molar-refractivity contribution in [3.05, 3.63) is 148 Å². The second kappa shape index (κ2) is 15.0. The van der Waals surface area contributed by atoms with Gasteiger partial charge in [0.2, 0.25) is 10.0 Å². The molecule has 6 nitrogen and oxygen atoms in total. The number of amides is 1. The van der Waals surface area contributed by atoms with Gasteiger partial charge in [0, 0.05) is 35.1 Å². The molecule has 5 aromatic rings. The van der Waals surface area contributed by atoms with Gasteiger partial charge in [0.05, 0.1) is 5.02 Å². The number of carbonyl (C=O) groups is 1. The van der Waals surface area contributed by atoms with Crippen LogP contribution in [0.15, 0.2) is 125 Å². The van der Waals surface area contributed by atoms with Gasteiger partial charge in [-0.3, -0.25) is 4.79 Å². The van der Waals surface area contributed by atoms with Gasteiger partial charge >= 0.3 is 5.51 Å². The lowest BCUT2D eigenvalue weighted by Gasteiger charge is -2.24. The number of nitrogens with zero attached hydrogens (tertiary/aromatic N) is 1. The van der Waals surface area contributed by atoms with E-state index in [9.17, 15) is 31.5 Å². The maximum Gasteiger partial charge on any atom is 0.446 e. The van der Waals surface area contributed by atoms with Crippen molar-refractivity contribution in [2.24, 2.45) is 0 Å². The lowest BCUT2D eigenvalue weighted by molar-refractivity contribution is -0.0328. The summed E-state index contributed by atoms with van der Waals surface area (Å²) in [6, 6.07) is 31.6. The van der Waals surface area contributed by atoms with Gasteiger partial charge in [-0.05, 0) is 76.0 Å². The zero-order valence-electron chi connectivity index (χ0n) is 24.9. The highest BCUT2D eigenvalue weighted by Crippen LogP contribution is 2.38. The predicted molar refractivity (Wildman–Crippen MR) is 182 cm³/mol. The highest BCUT2D eigenvalue weighted by atomic mass is 35.5. The molecule has 48 heavy (non-hydrogen) atoms. The van der Waals surface area contributed by atoms with Crippen molar-refractivity contribution in [3.63, 3.8) is 0 Å². The highest BCUT2D eigenvalue weighted by Gasteiger charge is 2.30. The number of phenols is 1. The number of benzene rings is 5. The van der Waals surface area contributed by atoms with Crippen LogP contribution in [0.3, 0.4) is 0 Å². The summed E-state index contributed by atoms with van der Waals surface area (Å²) < 4.78 is 67.2. The molecule has 0 aliphatic rings. The molecule has 0 bridgehead atoms. The van der Waals surface area contributed by atoms with Crippen molar-refractivity contribution in [2.45, 2.75) is 34.9 Å². The van der Waals surface area contributed by atoms with E-state index >= 15 is 0 Å². The number of alkyl halides is 3. The fraction of sp³-hybridized carbons (Fsp3) is 0.114. The SMILES string of the molecule is O=C(NCc1cccc(CN(Cc2ccc(-c3ccccc3)cc2)S(=O)(=O)c2cc(Cl)cc(Cl)c2O)c1)c1ccc(SC(F)(F)F)cc1. The van der Waals surface area contributed by atoms with Crippen LogP contribution in [0.2, 0.25) is 10.0 Å². The number of aromatic hydroxyl groups is 1. The fourth-order valence-corrected chi connectivity index (χ4v) is 7.57. The standard InChI is InChI=1S/C35H27Cl2F3N2O4S2/c36-29-18-31(37)33(43)32(19-29)48(45,46)42(21-23-9-11-27(12-10-23)26-7-2-1-3-8-26)22-25-6-4-5-24(17-25)20-41-34(44)28-13-15-30(16-14-28)47-35(38,39)40/h1-19,43H,20-22H2,(H,41,44). The molecule has 5 rings (SSSR count). The third-order valence-corrected chi connectivity index (χ3v) is 10.2. The minimum atomic E-state index is -4.43. The third-order valence-electron chi connectivity index (χ3n) is 7.18.